The first-order valence-corrected chi connectivity index (χ1v) is 25.7. The van der Waals surface area contributed by atoms with Gasteiger partial charge in [-0.3, -0.25) is 19.2 Å². The molecule has 2 aliphatic rings. The van der Waals surface area contributed by atoms with Crippen molar-refractivity contribution >= 4 is 83.5 Å². The monoisotopic (exact) mass is 1060 g/mol. The SMILES string of the molecule is CN(C(=O)c1ccc(Cl)c(B2OC(C)(C)C(C)(C)O2)c1)c1ccccc1OCCCC(=O)OC(C)(C)C.CN(C(=O)c1ccc(Cl)c(B2OC(C)(C)C(C)(C)O2)c1)c1ccccc1OCCCC(=O)OC(C)(C)C. The molecule has 4 aromatic rings. The molecule has 74 heavy (non-hydrogen) atoms. The van der Waals surface area contributed by atoms with E-state index in [2.05, 4.69) is 0 Å². The fraction of sp³-hybridized carbons (Fsp3) is 0.500. The second kappa shape index (κ2) is 23.8. The molecule has 0 spiro atoms. The molecule has 2 heterocycles. The first kappa shape index (κ1) is 59.8. The van der Waals surface area contributed by atoms with Crippen molar-refractivity contribution in [3.8, 4) is 11.5 Å². The highest BCUT2D eigenvalue weighted by Gasteiger charge is 2.53. The predicted octanol–water partition coefficient (Wildman–Crippen LogP) is 10.8. The Balaban J connectivity index is 0.000000274. The molecule has 0 N–H and O–H groups in total. The third-order valence-electron chi connectivity index (χ3n) is 13.0. The summed E-state index contributed by atoms with van der Waals surface area (Å²) in [5, 5.41) is 0.929. The quantitative estimate of drug-likeness (QED) is 0.0597. The van der Waals surface area contributed by atoms with Crippen molar-refractivity contribution in [2.45, 2.75) is 156 Å². The fourth-order valence-electron chi connectivity index (χ4n) is 7.56. The zero-order valence-corrected chi connectivity index (χ0v) is 47.5. The molecule has 400 valence electrons. The number of esters is 2. The molecular formula is C56H74B2Cl2N2O12. The second-order valence-electron chi connectivity index (χ2n) is 22.4. The normalized spacial score (nSPS) is 16.4. The van der Waals surface area contributed by atoms with E-state index in [1.54, 1.807) is 62.6 Å². The summed E-state index contributed by atoms with van der Waals surface area (Å²) in [6, 6.07) is 24.7. The van der Waals surface area contributed by atoms with Crippen LogP contribution in [0.5, 0.6) is 11.5 Å². The Hall–Kier alpha value is -5.09. The number of halogens is 2. The summed E-state index contributed by atoms with van der Waals surface area (Å²) in [7, 11) is 2.01. The van der Waals surface area contributed by atoms with Crippen LogP contribution in [0.4, 0.5) is 11.4 Å². The topological polar surface area (TPSA) is 149 Å². The van der Waals surface area contributed by atoms with Gasteiger partial charge < -0.3 is 47.4 Å². The molecule has 0 atom stereocenters. The Bertz CT molecular complexity index is 2430. The molecule has 14 nitrogen and oxygen atoms in total. The van der Waals surface area contributed by atoms with Crippen LogP contribution < -0.4 is 30.2 Å². The number of amides is 2. The number of hydrogen-bond donors (Lipinski definition) is 0. The summed E-state index contributed by atoms with van der Waals surface area (Å²) >= 11 is 13.0. The molecule has 2 aliphatic heterocycles. The van der Waals surface area contributed by atoms with Crippen LogP contribution in [0.3, 0.4) is 0 Å². The van der Waals surface area contributed by atoms with Crippen LogP contribution in [0.15, 0.2) is 84.9 Å². The Morgan fingerprint density at radius 3 is 1.14 bits per heavy atom. The van der Waals surface area contributed by atoms with E-state index in [4.69, 9.17) is 60.8 Å². The van der Waals surface area contributed by atoms with E-state index in [1.807, 2.05) is 133 Å². The molecule has 0 bridgehead atoms. The van der Waals surface area contributed by atoms with Crippen molar-refractivity contribution in [3.05, 3.63) is 106 Å². The Morgan fingerprint density at radius 1 is 0.514 bits per heavy atom. The maximum absolute atomic E-state index is 13.5. The van der Waals surface area contributed by atoms with Crippen molar-refractivity contribution in [2.75, 3.05) is 37.1 Å². The molecule has 4 aromatic carbocycles. The number of carbonyl (C=O) groups excluding carboxylic acids is 4. The highest BCUT2D eigenvalue weighted by molar-refractivity contribution is 6.66. The minimum Gasteiger partial charge on any atom is -0.491 e. The molecule has 2 saturated heterocycles. The highest BCUT2D eigenvalue weighted by Crippen LogP contribution is 2.39. The third-order valence-corrected chi connectivity index (χ3v) is 13.7. The van der Waals surface area contributed by atoms with Crippen molar-refractivity contribution in [1.29, 1.82) is 0 Å². The number of benzene rings is 4. The van der Waals surface area contributed by atoms with Crippen LogP contribution in [0.1, 0.15) is 143 Å². The summed E-state index contributed by atoms with van der Waals surface area (Å²) < 4.78 is 47.1. The second-order valence-corrected chi connectivity index (χ2v) is 23.2. The van der Waals surface area contributed by atoms with Crippen molar-refractivity contribution in [1.82, 2.24) is 0 Å². The van der Waals surface area contributed by atoms with E-state index in [-0.39, 0.29) is 36.6 Å². The van der Waals surface area contributed by atoms with E-state index in [9.17, 15) is 19.2 Å². The van der Waals surface area contributed by atoms with Gasteiger partial charge in [0.05, 0.1) is 47.0 Å². The van der Waals surface area contributed by atoms with Crippen molar-refractivity contribution in [3.63, 3.8) is 0 Å². The summed E-state index contributed by atoms with van der Waals surface area (Å²) in [5.74, 6) is 0.0817. The van der Waals surface area contributed by atoms with Crippen molar-refractivity contribution < 1.29 is 56.7 Å². The Kier molecular flexibility index (Phi) is 19.3. The number of para-hydroxylation sites is 4. The van der Waals surface area contributed by atoms with Gasteiger partial charge in [0, 0.05) is 59.0 Å². The summed E-state index contributed by atoms with van der Waals surface area (Å²) in [4.78, 5) is 53.9. The zero-order valence-electron chi connectivity index (χ0n) is 46.0. The lowest BCUT2D eigenvalue weighted by Crippen LogP contribution is -2.41. The minimum atomic E-state index is -0.684. The molecule has 2 fully saturated rings. The van der Waals surface area contributed by atoms with Gasteiger partial charge in [-0.25, -0.2) is 0 Å². The lowest BCUT2D eigenvalue weighted by Gasteiger charge is -2.32. The molecular weight excluding hydrogens is 985 g/mol. The van der Waals surface area contributed by atoms with Gasteiger partial charge in [-0.15, -0.1) is 0 Å². The standard InChI is InChI=1S/2C28H37BClNO6/c2*1-26(2,3)35-24(32)14-11-17-34-23-13-10-9-12-22(23)31(8)25(33)19-15-16-21(30)20(18-19)29-36-27(4,5)28(6,7)37-29/h2*9-10,12-13,15-16,18H,11,14,17H2,1-8H3. The van der Waals surface area contributed by atoms with E-state index in [0.29, 0.717) is 81.0 Å². The largest absolute Gasteiger partial charge is 0.496 e. The molecule has 0 aliphatic carbocycles. The summed E-state index contributed by atoms with van der Waals surface area (Å²) in [6.07, 6.45) is 1.49. The Morgan fingerprint density at radius 2 is 0.824 bits per heavy atom. The van der Waals surface area contributed by atoms with Crippen LogP contribution in [-0.2, 0) is 37.7 Å². The first-order valence-electron chi connectivity index (χ1n) is 25.0. The summed E-state index contributed by atoms with van der Waals surface area (Å²) in [6.45, 7) is 27.4. The summed E-state index contributed by atoms with van der Waals surface area (Å²) in [5.41, 5.74) is 0.151. The molecule has 2 amide bonds. The van der Waals surface area contributed by atoms with E-state index in [1.165, 1.54) is 9.80 Å². The average Bonchev–Trinajstić information content (AvgIpc) is 3.66. The maximum atomic E-state index is 13.5. The van der Waals surface area contributed by atoms with Crippen LogP contribution in [0, 0.1) is 0 Å². The van der Waals surface area contributed by atoms with Gasteiger partial charge in [-0.2, -0.15) is 0 Å². The maximum Gasteiger partial charge on any atom is 0.496 e. The number of anilines is 2. The third kappa shape index (κ3) is 15.5. The van der Waals surface area contributed by atoms with Gasteiger partial charge >= 0.3 is 26.2 Å². The number of carbonyl (C=O) groups is 4. The zero-order chi connectivity index (χ0) is 55.2. The van der Waals surface area contributed by atoms with E-state index < -0.39 is 47.8 Å². The van der Waals surface area contributed by atoms with Crippen LogP contribution in [0.2, 0.25) is 10.0 Å². The van der Waals surface area contributed by atoms with Gasteiger partial charge in [0.15, 0.2) is 0 Å². The molecule has 0 aromatic heterocycles. The first-order chi connectivity index (χ1) is 34.2. The average molecular weight is 1060 g/mol. The minimum absolute atomic E-state index is 0.237. The number of rotatable bonds is 16. The molecule has 18 heteroatoms. The predicted molar refractivity (Wildman–Crippen MR) is 294 cm³/mol. The smallest absolute Gasteiger partial charge is 0.491 e. The lowest BCUT2D eigenvalue weighted by atomic mass is 9.78. The number of hydrogen-bond acceptors (Lipinski definition) is 12. The van der Waals surface area contributed by atoms with E-state index >= 15 is 0 Å². The molecule has 0 saturated carbocycles. The number of ether oxygens (including phenoxy) is 4. The Labute approximate surface area is 449 Å². The highest BCUT2D eigenvalue weighted by atomic mass is 35.5. The fourth-order valence-corrected chi connectivity index (χ4v) is 7.97. The number of nitrogens with zero attached hydrogens (tertiary/aromatic N) is 2. The van der Waals surface area contributed by atoms with Gasteiger partial charge in [-0.05, 0) is 170 Å². The van der Waals surface area contributed by atoms with E-state index in [0.717, 1.165) is 0 Å². The van der Waals surface area contributed by atoms with Crippen molar-refractivity contribution in [2.24, 2.45) is 0 Å². The van der Waals surface area contributed by atoms with Gasteiger partial charge in [-0.1, -0.05) is 47.5 Å². The van der Waals surface area contributed by atoms with Crippen LogP contribution >= 0.6 is 23.2 Å². The van der Waals surface area contributed by atoms with Gasteiger partial charge in [0.2, 0.25) is 0 Å². The van der Waals surface area contributed by atoms with Crippen LogP contribution in [-0.4, -0.2) is 98.9 Å². The van der Waals surface area contributed by atoms with Gasteiger partial charge in [0.1, 0.15) is 22.7 Å². The lowest BCUT2D eigenvalue weighted by molar-refractivity contribution is -0.156. The molecule has 0 unspecified atom stereocenters. The van der Waals surface area contributed by atoms with Gasteiger partial charge in [0.25, 0.3) is 11.8 Å². The van der Waals surface area contributed by atoms with Crippen LogP contribution in [0.25, 0.3) is 0 Å². The molecule has 6 rings (SSSR count). The molecule has 0 radical (unpaired) electrons.